The Hall–Kier alpha value is -2.74. The van der Waals surface area contributed by atoms with Crippen molar-refractivity contribution in [3.8, 4) is 0 Å². The first-order valence-electron chi connectivity index (χ1n) is 10.1. The summed E-state index contributed by atoms with van der Waals surface area (Å²) >= 11 is 5.87. The number of H-pyrrole nitrogens is 1. The fourth-order valence-electron chi connectivity index (χ4n) is 3.91. The van der Waals surface area contributed by atoms with Gasteiger partial charge in [0.25, 0.3) is 5.91 Å². The highest BCUT2D eigenvalue weighted by molar-refractivity contribution is 6.32. The number of aromatic nitrogens is 2. The van der Waals surface area contributed by atoms with Crippen LogP contribution < -0.4 is 10.6 Å². The zero-order valence-corrected chi connectivity index (χ0v) is 17.6. The number of pyridine rings is 1. The van der Waals surface area contributed by atoms with E-state index in [0.717, 1.165) is 42.4 Å². The van der Waals surface area contributed by atoms with Gasteiger partial charge < -0.3 is 15.6 Å². The van der Waals surface area contributed by atoms with Gasteiger partial charge >= 0.3 is 6.18 Å². The third-order valence-corrected chi connectivity index (χ3v) is 5.86. The van der Waals surface area contributed by atoms with E-state index in [9.17, 15) is 18.0 Å². The van der Waals surface area contributed by atoms with Crippen LogP contribution in [0.1, 0.15) is 40.5 Å². The minimum Gasteiger partial charge on any atom is -0.367 e. The number of benzene rings is 1. The molecular formula is C22H22ClF3N4O. The summed E-state index contributed by atoms with van der Waals surface area (Å²) in [5, 5.41) is 6.61. The lowest BCUT2D eigenvalue weighted by atomic mass is 9.87. The number of aryl methyl sites for hydroxylation is 1. The Balaban J connectivity index is 1.36. The van der Waals surface area contributed by atoms with Crippen LogP contribution >= 0.6 is 11.6 Å². The lowest BCUT2D eigenvalue weighted by molar-refractivity contribution is -0.137. The summed E-state index contributed by atoms with van der Waals surface area (Å²) in [5.41, 5.74) is 3.26. The van der Waals surface area contributed by atoms with Gasteiger partial charge in [-0.3, -0.25) is 4.79 Å². The molecule has 1 atom stereocenters. The van der Waals surface area contributed by atoms with Crippen LogP contribution in [0.4, 0.5) is 19.0 Å². The summed E-state index contributed by atoms with van der Waals surface area (Å²) in [7, 11) is 0. The number of nitrogens with one attached hydrogen (secondary N) is 3. The molecule has 5 nitrogen and oxygen atoms in total. The quantitative estimate of drug-likeness (QED) is 0.468. The number of alkyl halides is 3. The summed E-state index contributed by atoms with van der Waals surface area (Å²) in [5.74, 6) is 0.549. The summed E-state index contributed by atoms with van der Waals surface area (Å²) in [6, 6.07) is 6.45. The molecule has 2 aromatic heterocycles. The highest BCUT2D eigenvalue weighted by Gasteiger charge is 2.31. The van der Waals surface area contributed by atoms with Crippen molar-refractivity contribution in [2.24, 2.45) is 5.92 Å². The maximum Gasteiger partial charge on any atom is 0.417 e. The number of hydrogen-bond acceptors (Lipinski definition) is 3. The van der Waals surface area contributed by atoms with Gasteiger partial charge in [-0.1, -0.05) is 18.5 Å². The Morgan fingerprint density at radius 1 is 1.29 bits per heavy atom. The minimum atomic E-state index is -4.50. The molecule has 0 saturated carbocycles. The predicted molar refractivity (Wildman–Crippen MR) is 115 cm³/mol. The summed E-state index contributed by atoms with van der Waals surface area (Å²) in [6.45, 7) is 2.77. The molecule has 1 unspecified atom stereocenters. The predicted octanol–water partition coefficient (Wildman–Crippen LogP) is 5.20. The molecule has 0 fully saturated rings. The van der Waals surface area contributed by atoms with E-state index in [1.807, 2.05) is 12.1 Å². The van der Waals surface area contributed by atoms with E-state index < -0.39 is 11.7 Å². The number of anilines is 1. The molecule has 1 aliphatic carbocycles. The van der Waals surface area contributed by atoms with Crippen molar-refractivity contribution in [3.63, 3.8) is 0 Å². The molecule has 0 saturated heterocycles. The summed E-state index contributed by atoms with van der Waals surface area (Å²) < 4.78 is 38.0. The topological polar surface area (TPSA) is 69.8 Å². The van der Waals surface area contributed by atoms with E-state index in [1.165, 1.54) is 11.3 Å². The van der Waals surface area contributed by atoms with Gasteiger partial charge in [0.1, 0.15) is 5.82 Å². The SMILES string of the molecule is CC1CCc2[nH]c3ccc(C(=O)NCCNc4ncc(C(F)(F)F)cc4Cl)cc3c2C1. The lowest BCUT2D eigenvalue weighted by Gasteiger charge is -2.18. The van der Waals surface area contributed by atoms with Crippen molar-refractivity contribution < 1.29 is 18.0 Å². The molecule has 31 heavy (non-hydrogen) atoms. The van der Waals surface area contributed by atoms with E-state index in [0.29, 0.717) is 11.5 Å². The highest BCUT2D eigenvalue weighted by atomic mass is 35.5. The van der Waals surface area contributed by atoms with Crippen LogP contribution in [-0.2, 0) is 19.0 Å². The molecule has 2 heterocycles. The first kappa shape index (κ1) is 21.5. The number of nitrogens with zero attached hydrogens (tertiary/aromatic N) is 1. The van der Waals surface area contributed by atoms with Crippen molar-refractivity contribution in [3.05, 3.63) is 57.9 Å². The monoisotopic (exact) mass is 450 g/mol. The van der Waals surface area contributed by atoms with Crippen molar-refractivity contribution in [2.45, 2.75) is 32.4 Å². The normalized spacial score (nSPS) is 16.2. The standard InChI is InChI=1S/C22H22ClF3N4O/c1-12-2-4-18-15(8-12)16-9-13(3-5-19(16)30-18)21(31)28-7-6-27-20-17(23)10-14(11-29-20)22(24,25)26/h3,5,9-12,30H,2,4,6-8H2,1H3,(H,27,29)(H,28,31). The van der Waals surface area contributed by atoms with Crippen LogP contribution in [0.25, 0.3) is 10.9 Å². The van der Waals surface area contributed by atoms with Gasteiger partial charge in [-0.25, -0.2) is 4.98 Å². The Bertz CT molecular complexity index is 1130. The number of fused-ring (bicyclic) bond motifs is 3. The molecule has 0 bridgehead atoms. The number of halogens is 4. The third-order valence-electron chi connectivity index (χ3n) is 5.57. The van der Waals surface area contributed by atoms with Crippen LogP contribution in [0.2, 0.25) is 5.02 Å². The maximum absolute atomic E-state index is 12.7. The van der Waals surface area contributed by atoms with Gasteiger partial charge in [-0.05, 0) is 55.0 Å². The van der Waals surface area contributed by atoms with E-state index in [1.54, 1.807) is 6.07 Å². The van der Waals surface area contributed by atoms with Crippen molar-refractivity contribution in [2.75, 3.05) is 18.4 Å². The number of carbonyl (C=O) groups is 1. The fraction of sp³-hybridized carbons (Fsp3) is 0.364. The highest BCUT2D eigenvalue weighted by Crippen LogP contribution is 2.33. The van der Waals surface area contributed by atoms with Gasteiger partial charge in [0.15, 0.2) is 0 Å². The summed E-state index contributed by atoms with van der Waals surface area (Å²) in [6.07, 6.45) is -0.580. The van der Waals surface area contributed by atoms with Crippen LogP contribution in [0.5, 0.6) is 0 Å². The number of hydrogen-bond donors (Lipinski definition) is 3. The zero-order valence-electron chi connectivity index (χ0n) is 16.9. The Kier molecular flexibility index (Phi) is 5.83. The Labute approximate surface area is 182 Å². The second-order valence-electron chi connectivity index (χ2n) is 7.93. The third kappa shape index (κ3) is 4.63. The molecule has 3 aromatic rings. The second-order valence-corrected chi connectivity index (χ2v) is 8.33. The van der Waals surface area contributed by atoms with Gasteiger partial charge in [0, 0.05) is 41.4 Å². The molecule has 0 aliphatic heterocycles. The van der Waals surface area contributed by atoms with Gasteiger partial charge in [-0.2, -0.15) is 13.2 Å². The molecule has 0 radical (unpaired) electrons. The number of amides is 1. The van der Waals surface area contributed by atoms with E-state index in [2.05, 4.69) is 27.5 Å². The number of carbonyl (C=O) groups excluding carboxylic acids is 1. The van der Waals surface area contributed by atoms with Crippen molar-refractivity contribution in [1.29, 1.82) is 0 Å². The largest absolute Gasteiger partial charge is 0.417 e. The zero-order chi connectivity index (χ0) is 22.2. The van der Waals surface area contributed by atoms with Crippen LogP contribution in [0.15, 0.2) is 30.5 Å². The molecule has 0 spiro atoms. The van der Waals surface area contributed by atoms with Gasteiger partial charge in [0.05, 0.1) is 10.6 Å². The van der Waals surface area contributed by atoms with Crippen LogP contribution in [0, 0.1) is 5.92 Å². The average Bonchev–Trinajstić information content (AvgIpc) is 3.08. The van der Waals surface area contributed by atoms with E-state index in [-0.39, 0.29) is 29.8 Å². The maximum atomic E-state index is 12.7. The molecule has 164 valence electrons. The van der Waals surface area contributed by atoms with Gasteiger partial charge in [0.2, 0.25) is 0 Å². The smallest absolute Gasteiger partial charge is 0.367 e. The van der Waals surface area contributed by atoms with Crippen molar-refractivity contribution in [1.82, 2.24) is 15.3 Å². The molecule has 1 aromatic carbocycles. The summed E-state index contributed by atoms with van der Waals surface area (Å²) in [4.78, 5) is 19.7. The second kappa shape index (κ2) is 8.42. The fourth-order valence-corrected chi connectivity index (χ4v) is 4.15. The first-order valence-corrected chi connectivity index (χ1v) is 10.5. The molecule has 1 aliphatic rings. The van der Waals surface area contributed by atoms with E-state index in [4.69, 9.17) is 11.6 Å². The van der Waals surface area contributed by atoms with Crippen LogP contribution in [0.3, 0.4) is 0 Å². The molecule has 1 amide bonds. The number of rotatable bonds is 5. The molecule has 9 heteroatoms. The Morgan fingerprint density at radius 3 is 2.84 bits per heavy atom. The van der Waals surface area contributed by atoms with E-state index >= 15 is 0 Å². The van der Waals surface area contributed by atoms with Crippen molar-refractivity contribution >= 4 is 34.2 Å². The lowest BCUT2D eigenvalue weighted by Crippen LogP contribution is -2.29. The Morgan fingerprint density at radius 2 is 2.10 bits per heavy atom. The number of aromatic amines is 1. The molecule has 4 rings (SSSR count). The van der Waals surface area contributed by atoms with Gasteiger partial charge in [-0.15, -0.1) is 0 Å². The average molecular weight is 451 g/mol. The van der Waals surface area contributed by atoms with Crippen LogP contribution in [-0.4, -0.2) is 29.0 Å². The molecular weight excluding hydrogens is 429 g/mol. The first-order chi connectivity index (χ1) is 14.7. The minimum absolute atomic E-state index is 0.127. The molecule has 3 N–H and O–H groups in total.